The maximum Gasteiger partial charge on any atom is 0.416 e. The molecule has 0 fully saturated rings. The summed E-state index contributed by atoms with van der Waals surface area (Å²) in [7, 11) is 0. The number of rotatable bonds is 4. The van der Waals surface area contributed by atoms with E-state index >= 15 is 0 Å². The van der Waals surface area contributed by atoms with E-state index in [2.05, 4.69) is 10.3 Å². The molecule has 1 aromatic heterocycles. The van der Waals surface area contributed by atoms with Crippen LogP contribution in [-0.4, -0.2) is 15.5 Å². The fourth-order valence-corrected chi connectivity index (χ4v) is 3.13. The Morgan fingerprint density at radius 1 is 0.897 bits per heavy atom. The van der Waals surface area contributed by atoms with Crippen molar-refractivity contribution < 1.29 is 18.0 Å². The van der Waals surface area contributed by atoms with Gasteiger partial charge in [-0.15, -0.1) is 0 Å². The second kappa shape index (κ2) is 7.43. The molecule has 4 aromatic rings. The van der Waals surface area contributed by atoms with Crippen molar-refractivity contribution in [2.24, 2.45) is 0 Å². The Bertz CT molecular complexity index is 1150. The van der Waals surface area contributed by atoms with Gasteiger partial charge in [-0.25, -0.2) is 4.98 Å². The number of aromatic nitrogens is 2. The maximum absolute atomic E-state index is 12.7. The first-order valence-corrected chi connectivity index (χ1v) is 8.89. The lowest BCUT2D eigenvalue weighted by molar-refractivity contribution is -0.137. The number of anilines is 1. The van der Waals surface area contributed by atoms with Crippen LogP contribution in [0.3, 0.4) is 0 Å². The van der Waals surface area contributed by atoms with Gasteiger partial charge in [0.15, 0.2) is 0 Å². The highest BCUT2D eigenvalue weighted by atomic mass is 19.4. The molecular formula is C22H16F3N3O. The van der Waals surface area contributed by atoms with Crippen molar-refractivity contribution in [1.82, 2.24) is 9.55 Å². The fraction of sp³-hybridized carbons (Fsp3) is 0.0909. The molecule has 0 saturated heterocycles. The van der Waals surface area contributed by atoms with Crippen LogP contribution in [0.5, 0.6) is 0 Å². The zero-order valence-electron chi connectivity index (χ0n) is 15.1. The number of nitrogens with one attached hydrogen (secondary N) is 1. The third-order valence-electron chi connectivity index (χ3n) is 4.48. The van der Waals surface area contributed by atoms with Crippen molar-refractivity contribution in [3.8, 4) is 11.4 Å². The van der Waals surface area contributed by atoms with Crippen LogP contribution in [0, 0.1) is 0 Å². The molecule has 29 heavy (non-hydrogen) atoms. The SMILES string of the molecule is O=C(Cn1c(-c2ccccc2)nc2ccccc21)Nc1ccc(C(F)(F)F)cc1. The molecule has 0 bridgehead atoms. The summed E-state index contributed by atoms with van der Waals surface area (Å²) in [6.45, 7) is -0.0221. The molecule has 0 unspecified atom stereocenters. The molecular weight excluding hydrogens is 379 g/mol. The van der Waals surface area contributed by atoms with Crippen LogP contribution in [0.1, 0.15) is 5.56 Å². The van der Waals surface area contributed by atoms with Crippen molar-refractivity contribution in [2.45, 2.75) is 12.7 Å². The monoisotopic (exact) mass is 395 g/mol. The van der Waals surface area contributed by atoms with Crippen LogP contribution in [0.4, 0.5) is 18.9 Å². The molecule has 0 saturated carbocycles. The van der Waals surface area contributed by atoms with Gasteiger partial charge >= 0.3 is 6.18 Å². The lowest BCUT2D eigenvalue weighted by Gasteiger charge is -2.11. The first-order chi connectivity index (χ1) is 13.9. The molecule has 0 radical (unpaired) electrons. The molecule has 1 heterocycles. The molecule has 0 aliphatic heterocycles. The predicted octanol–water partition coefficient (Wildman–Crippen LogP) is 5.36. The molecule has 4 rings (SSSR count). The van der Waals surface area contributed by atoms with Gasteiger partial charge in [0.2, 0.25) is 5.91 Å². The first kappa shape index (κ1) is 18.7. The van der Waals surface area contributed by atoms with Gasteiger partial charge in [0.05, 0.1) is 16.6 Å². The number of hydrogen-bond donors (Lipinski definition) is 1. The topological polar surface area (TPSA) is 46.9 Å². The number of nitrogens with zero attached hydrogens (tertiary/aromatic N) is 2. The lowest BCUT2D eigenvalue weighted by atomic mass is 10.2. The first-order valence-electron chi connectivity index (χ1n) is 8.89. The highest BCUT2D eigenvalue weighted by molar-refractivity contribution is 5.92. The van der Waals surface area contributed by atoms with E-state index in [1.54, 1.807) is 4.57 Å². The molecule has 0 aliphatic rings. The quantitative estimate of drug-likeness (QED) is 0.506. The minimum Gasteiger partial charge on any atom is -0.325 e. The Hall–Kier alpha value is -3.61. The molecule has 146 valence electrons. The number of hydrogen-bond acceptors (Lipinski definition) is 2. The van der Waals surface area contributed by atoms with E-state index in [1.165, 1.54) is 12.1 Å². The van der Waals surface area contributed by atoms with E-state index in [0.29, 0.717) is 11.5 Å². The maximum atomic E-state index is 12.7. The van der Waals surface area contributed by atoms with E-state index in [9.17, 15) is 18.0 Å². The molecule has 4 nitrogen and oxygen atoms in total. The van der Waals surface area contributed by atoms with E-state index in [4.69, 9.17) is 0 Å². The average Bonchev–Trinajstić information content (AvgIpc) is 3.07. The van der Waals surface area contributed by atoms with E-state index in [0.717, 1.165) is 28.7 Å². The summed E-state index contributed by atoms with van der Waals surface area (Å²) in [5.41, 5.74) is 1.96. The van der Waals surface area contributed by atoms with E-state index in [1.807, 2.05) is 54.6 Å². The van der Waals surface area contributed by atoms with Crippen molar-refractivity contribution in [3.63, 3.8) is 0 Å². The number of carbonyl (C=O) groups is 1. The Balaban J connectivity index is 1.61. The zero-order chi connectivity index (χ0) is 20.4. The number of halogens is 3. The van der Waals surface area contributed by atoms with Gasteiger partial charge in [-0.05, 0) is 36.4 Å². The van der Waals surface area contributed by atoms with Crippen molar-refractivity contribution in [3.05, 3.63) is 84.4 Å². The van der Waals surface area contributed by atoms with Crippen molar-refractivity contribution >= 4 is 22.6 Å². The Morgan fingerprint density at radius 3 is 2.24 bits per heavy atom. The van der Waals surface area contributed by atoms with Gasteiger partial charge in [0, 0.05) is 11.3 Å². The number of fused-ring (bicyclic) bond motifs is 1. The van der Waals surface area contributed by atoms with Crippen molar-refractivity contribution in [1.29, 1.82) is 0 Å². The zero-order valence-corrected chi connectivity index (χ0v) is 15.1. The average molecular weight is 395 g/mol. The van der Waals surface area contributed by atoms with Gasteiger partial charge < -0.3 is 9.88 Å². The Labute approximate surface area is 164 Å². The number of amides is 1. The Kier molecular flexibility index (Phi) is 4.80. The second-order valence-corrected chi connectivity index (χ2v) is 6.50. The van der Waals surface area contributed by atoms with Gasteiger partial charge in [0.1, 0.15) is 12.4 Å². The van der Waals surface area contributed by atoms with Crippen LogP contribution in [-0.2, 0) is 17.5 Å². The molecule has 1 N–H and O–H groups in total. The molecule has 0 atom stereocenters. The summed E-state index contributed by atoms with van der Waals surface area (Å²) in [6, 6.07) is 21.3. The van der Waals surface area contributed by atoms with Gasteiger partial charge in [-0.2, -0.15) is 13.2 Å². The minimum atomic E-state index is -4.41. The Morgan fingerprint density at radius 2 is 1.55 bits per heavy atom. The summed E-state index contributed by atoms with van der Waals surface area (Å²) in [6.07, 6.45) is -4.41. The number of imidazole rings is 1. The van der Waals surface area contributed by atoms with Crippen LogP contribution in [0.15, 0.2) is 78.9 Å². The van der Waals surface area contributed by atoms with Crippen LogP contribution in [0.25, 0.3) is 22.4 Å². The van der Waals surface area contributed by atoms with E-state index in [-0.39, 0.29) is 12.5 Å². The standard InChI is InChI=1S/C22H16F3N3O/c23-22(24,25)16-10-12-17(13-11-16)26-20(29)14-28-19-9-5-4-8-18(19)27-21(28)15-6-2-1-3-7-15/h1-13H,14H2,(H,26,29). The third kappa shape index (κ3) is 3.99. The third-order valence-corrected chi connectivity index (χ3v) is 4.48. The van der Waals surface area contributed by atoms with Crippen LogP contribution in [0.2, 0.25) is 0 Å². The molecule has 7 heteroatoms. The van der Waals surface area contributed by atoms with Crippen LogP contribution < -0.4 is 5.32 Å². The predicted molar refractivity (Wildman–Crippen MR) is 105 cm³/mol. The summed E-state index contributed by atoms with van der Waals surface area (Å²) < 4.78 is 39.9. The fourth-order valence-electron chi connectivity index (χ4n) is 3.13. The van der Waals surface area contributed by atoms with E-state index < -0.39 is 11.7 Å². The lowest BCUT2D eigenvalue weighted by Crippen LogP contribution is -2.19. The van der Waals surface area contributed by atoms with Gasteiger partial charge in [-0.3, -0.25) is 4.79 Å². The molecule has 0 spiro atoms. The van der Waals surface area contributed by atoms with Gasteiger partial charge in [0.25, 0.3) is 0 Å². The summed E-state index contributed by atoms with van der Waals surface area (Å²) >= 11 is 0. The van der Waals surface area contributed by atoms with Crippen LogP contribution >= 0.6 is 0 Å². The number of alkyl halides is 3. The second-order valence-electron chi connectivity index (χ2n) is 6.50. The molecule has 1 amide bonds. The minimum absolute atomic E-state index is 0.0221. The summed E-state index contributed by atoms with van der Waals surface area (Å²) in [5, 5.41) is 2.65. The van der Waals surface area contributed by atoms with Gasteiger partial charge in [-0.1, -0.05) is 42.5 Å². The largest absolute Gasteiger partial charge is 0.416 e. The number of para-hydroxylation sites is 2. The number of benzene rings is 3. The van der Waals surface area contributed by atoms with Crippen molar-refractivity contribution in [2.75, 3.05) is 5.32 Å². The summed E-state index contributed by atoms with van der Waals surface area (Å²) in [5.74, 6) is 0.291. The highest BCUT2D eigenvalue weighted by Crippen LogP contribution is 2.30. The summed E-state index contributed by atoms with van der Waals surface area (Å²) in [4.78, 5) is 17.2. The number of carbonyl (C=O) groups excluding carboxylic acids is 1. The normalized spacial score (nSPS) is 11.6. The smallest absolute Gasteiger partial charge is 0.325 e. The molecule has 0 aliphatic carbocycles. The molecule has 3 aromatic carbocycles. The highest BCUT2D eigenvalue weighted by Gasteiger charge is 2.30.